The zero-order valence-corrected chi connectivity index (χ0v) is 16.6. The van der Waals surface area contributed by atoms with Crippen LogP contribution in [0.3, 0.4) is 0 Å². The van der Waals surface area contributed by atoms with Crippen LogP contribution in [0.4, 0.5) is 4.39 Å². The Kier molecular flexibility index (Phi) is 4.73. The summed E-state index contributed by atoms with van der Waals surface area (Å²) in [6.45, 7) is 1.02. The lowest BCUT2D eigenvalue weighted by molar-refractivity contribution is 0.236. The molecule has 0 saturated heterocycles. The summed E-state index contributed by atoms with van der Waals surface area (Å²) >= 11 is 1.49. The molecule has 5 rings (SSSR count). The van der Waals surface area contributed by atoms with E-state index in [2.05, 4.69) is 9.88 Å². The van der Waals surface area contributed by atoms with Crippen molar-refractivity contribution in [3.63, 3.8) is 0 Å². The largest absolute Gasteiger partial charge is 0.309 e. The zero-order chi connectivity index (χ0) is 19.8. The van der Waals surface area contributed by atoms with Crippen LogP contribution in [-0.2, 0) is 13.1 Å². The van der Waals surface area contributed by atoms with Crippen molar-refractivity contribution in [1.29, 1.82) is 0 Å². The van der Waals surface area contributed by atoms with Gasteiger partial charge in [0.05, 0.1) is 11.9 Å². The zero-order valence-electron chi connectivity index (χ0n) is 15.8. The molecular weight excluding hydrogens is 385 g/mol. The van der Waals surface area contributed by atoms with Crippen LogP contribution < -0.4 is 5.56 Å². The molecule has 1 saturated carbocycles. The second kappa shape index (κ2) is 7.54. The van der Waals surface area contributed by atoms with Gasteiger partial charge in [-0.15, -0.1) is 11.3 Å². The van der Waals surface area contributed by atoms with E-state index in [1.54, 1.807) is 6.07 Å². The number of thiophene rings is 1. The fraction of sp³-hybridized carbons (Fsp3) is 0.217. The van der Waals surface area contributed by atoms with Crippen molar-refractivity contribution in [3.8, 4) is 11.1 Å². The van der Waals surface area contributed by atoms with Crippen LogP contribution in [0.1, 0.15) is 24.2 Å². The highest BCUT2D eigenvalue weighted by Gasteiger charge is 2.30. The summed E-state index contributed by atoms with van der Waals surface area (Å²) in [6, 6.07) is 17.2. The normalized spacial score (nSPS) is 14.0. The van der Waals surface area contributed by atoms with Gasteiger partial charge in [0.2, 0.25) is 0 Å². The summed E-state index contributed by atoms with van der Waals surface area (Å²) in [6.07, 6.45) is 2.19. The number of hydrogen-bond acceptors (Lipinski definition) is 4. The molecule has 29 heavy (non-hydrogen) atoms. The molecule has 0 aliphatic heterocycles. The highest BCUT2D eigenvalue weighted by molar-refractivity contribution is 7.17. The van der Waals surface area contributed by atoms with Crippen LogP contribution >= 0.6 is 11.3 Å². The number of halogens is 1. The van der Waals surface area contributed by atoms with Crippen LogP contribution in [0.15, 0.2) is 64.8 Å². The average Bonchev–Trinajstić information content (AvgIpc) is 3.49. The van der Waals surface area contributed by atoms with E-state index in [0.29, 0.717) is 35.9 Å². The van der Waals surface area contributed by atoms with Gasteiger partial charge in [0.25, 0.3) is 5.56 Å². The molecule has 0 amide bonds. The third kappa shape index (κ3) is 3.73. The molecule has 4 aromatic rings. The van der Waals surface area contributed by atoms with Gasteiger partial charge in [-0.3, -0.25) is 9.69 Å². The molecule has 146 valence electrons. The van der Waals surface area contributed by atoms with Crippen molar-refractivity contribution in [1.82, 2.24) is 14.9 Å². The van der Waals surface area contributed by atoms with Crippen LogP contribution in [0.5, 0.6) is 0 Å². The second-order valence-corrected chi connectivity index (χ2v) is 8.29. The van der Waals surface area contributed by atoms with Crippen molar-refractivity contribution in [2.24, 2.45) is 0 Å². The van der Waals surface area contributed by atoms with Crippen LogP contribution in [-0.4, -0.2) is 20.9 Å². The maximum Gasteiger partial charge on any atom is 0.260 e. The van der Waals surface area contributed by atoms with E-state index < -0.39 is 0 Å². The first-order chi connectivity index (χ1) is 14.2. The van der Waals surface area contributed by atoms with Crippen LogP contribution in [0.25, 0.3) is 21.3 Å². The van der Waals surface area contributed by atoms with Crippen molar-refractivity contribution >= 4 is 21.6 Å². The van der Waals surface area contributed by atoms with Gasteiger partial charge < -0.3 is 4.98 Å². The summed E-state index contributed by atoms with van der Waals surface area (Å²) in [7, 11) is 0. The van der Waals surface area contributed by atoms with E-state index in [-0.39, 0.29) is 11.4 Å². The second-order valence-electron chi connectivity index (χ2n) is 7.44. The number of nitrogens with one attached hydrogen (secondary N) is 1. The minimum atomic E-state index is -0.194. The Bertz CT molecular complexity index is 1210. The topological polar surface area (TPSA) is 49.0 Å². The Hall–Kier alpha value is -2.83. The number of fused-ring (bicyclic) bond motifs is 1. The lowest BCUT2D eigenvalue weighted by Gasteiger charge is -2.21. The first kappa shape index (κ1) is 18.2. The van der Waals surface area contributed by atoms with E-state index in [1.807, 2.05) is 47.8 Å². The van der Waals surface area contributed by atoms with Gasteiger partial charge in [0.15, 0.2) is 0 Å². The Morgan fingerprint density at radius 3 is 2.59 bits per heavy atom. The molecule has 2 aromatic carbocycles. The molecule has 2 heterocycles. The molecule has 0 unspecified atom stereocenters. The van der Waals surface area contributed by atoms with Crippen molar-refractivity contribution in [3.05, 3.63) is 87.5 Å². The van der Waals surface area contributed by atoms with Gasteiger partial charge in [-0.2, -0.15) is 0 Å². The number of hydrogen-bond donors (Lipinski definition) is 1. The third-order valence-corrected chi connectivity index (χ3v) is 6.20. The molecule has 0 spiro atoms. The highest BCUT2D eigenvalue weighted by atomic mass is 32.1. The van der Waals surface area contributed by atoms with Gasteiger partial charge in [-0.1, -0.05) is 48.5 Å². The quantitative estimate of drug-likeness (QED) is 0.493. The average molecular weight is 405 g/mol. The molecule has 1 fully saturated rings. The maximum atomic E-state index is 14.1. The fourth-order valence-electron chi connectivity index (χ4n) is 3.69. The van der Waals surface area contributed by atoms with Gasteiger partial charge in [0, 0.05) is 29.1 Å². The molecule has 0 atom stereocenters. The standard InChI is InChI=1S/C23H20FN3OS/c24-19-9-5-4-8-16(19)12-27(17-10-11-17)13-20-25-22(28)21-18(14-29-23(21)26-20)15-6-2-1-3-7-15/h1-9,14,17H,10-13H2,(H,25,26,28). The number of H-pyrrole nitrogens is 1. The number of nitrogens with zero attached hydrogens (tertiary/aromatic N) is 2. The first-order valence-corrected chi connectivity index (χ1v) is 10.6. The molecule has 6 heteroatoms. The van der Waals surface area contributed by atoms with Crippen LogP contribution in [0.2, 0.25) is 0 Å². The minimum Gasteiger partial charge on any atom is -0.309 e. The molecular formula is C23H20FN3OS. The van der Waals surface area contributed by atoms with Gasteiger partial charge in [-0.05, 0) is 24.5 Å². The summed E-state index contributed by atoms with van der Waals surface area (Å²) < 4.78 is 14.1. The summed E-state index contributed by atoms with van der Waals surface area (Å²) in [5.74, 6) is 0.438. The molecule has 1 aliphatic carbocycles. The van der Waals surface area contributed by atoms with E-state index >= 15 is 0 Å². The molecule has 1 N–H and O–H groups in total. The monoisotopic (exact) mass is 405 g/mol. The first-order valence-electron chi connectivity index (χ1n) is 9.72. The van der Waals surface area contributed by atoms with E-state index in [1.165, 1.54) is 17.4 Å². The van der Waals surface area contributed by atoms with Crippen molar-refractivity contribution in [2.75, 3.05) is 0 Å². The van der Waals surface area contributed by atoms with Crippen molar-refractivity contribution in [2.45, 2.75) is 32.0 Å². The fourth-order valence-corrected chi connectivity index (χ4v) is 4.66. The smallest absolute Gasteiger partial charge is 0.260 e. The highest BCUT2D eigenvalue weighted by Crippen LogP contribution is 2.32. The predicted molar refractivity (Wildman–Crippen MR) is 114 cm³/mol. The minimum absolute atomic E-state index is 0.119. The van der Waals surface area contributed by atoms with E-state index in [4.69, 9.17) is 4.98 Å². The molecule has 1 aliphatic rings. The Morgan fingerprint density at radius 2 is 1.83 bits per heavy atom. The molecule has 2 aromatic heterocycles. The van der Waals surface area contributed by atoms with E-state index in [9.17, 15) is 9.18 Å². The van der Waals surface area contributed by atoms with Gasteiger partial charge >= 0.3 is 0 Å². The number of rotatable bonds is 6. The Labute approximate surface area is 171 Å². The van der Waals surface area contributed by atoms with E-state index in [0.717, 1.165) is 28.8 Å². The molecule has 0 radical (unpaired) electrons. The Morgan fingerprint density at radius 1 is 1.07 bits per heavy atom. The van der Waals surface area contributed by atoms with Gasteiger partial charge in [0.1, 0.15) is 16.5 Å². The maximum absolute atomic E-state index is 14.1. The SMILES string of the molecule is O=c1[nH]c(CN(Cc2ccccc2F)C2CC2)nc2scc(-c3ccccc3)c12. The van der Waals surface area contributed by atoms with Crippen LogP contribution in [0, 0.1) is 5.82 Å². The molecule has 0 bridgehead atoms. The van der Waals surface area contributed by atoms with Crippen molar-refractivity contribution < 1.29 is 4.39 Å². The lowest BCUT2D eigenvalue weighted by Crippen LogP contribution is -2.27. The lowest BCUT2D eigenvalue weighted by atomic mass is 10.1. The predicted octanol–water partition coefficient (Wildman–Crippen LogP) is 4.96. The number of benzene rings is 2. The summed E-state index contributed by atoms with van der Waals surface area (Å²) in [4.78, 5) is 23.5. The summed E-state index contributed by atoms with van der Waals surface area (Å²) in [5.41, 5.74) is 2.48. The van der Waals surface area contributed by atoms with Gasteiger partial charge in [-0.25, -0.2) is 9.37 Å². The number of aromatic nitrogens is 2. The Balaban J connectivity index is 1.46. The molecule has 4 nitrogen and oxygen atoms in total. The summed E-state index contributed by atoms with van der Waals surface area (Å²) in [5, 5.41) is 2.63. The number of aromatic amines is 1. The third-order valence-electron chi connectivity index (χ3n) is 5.33.